The Hall–Kier alpha value is -1.35. The van der Waals surface area contributed by atoms with Crippen molar-refractivity contribution in [3.05, 3.63) is 35.4 Å². The van der Waals surface area contributed by atoms with Crippen LogP contribution in [0.3, 0.4) is 0 Å². The second kappa shape index (κ2) is 6.61. The van der Waals surface area contributed by atoms with Crippen LogP contribution in [-0.4, -0.2) is 16.2 Å². The molecule has 0 saturated carbocycles. The van der Waals surface area contributed by atoms with Gasteiger partial charge in [0.25, 0.3) is 0 Å². The summed E-state index contributed by atoms with van der Waals surface area (Å²) in [6.45, 7) is 10.0. The van der Waals surface area contributed by atoms with Crippen LogP contribution in [0.4, 0.5) is 0 Å². The Bertz CT molecular complexity index is 466. The van der Waals surface area contributed by atoms with E-state index in [2.05, 4.69) is 20.8 Å². The van der Waals surface area contributed by atoms with E-state index in [4.69, 9.17) is 0 Å². The molecular weight excluding hydrogens is 264 g/mol. The van der Waals surface area contributed by atoms with Gasteiger partial charge in [0.15, 0.2) is 0 Å². The van der Waals surface area contributed by atoms with E-state index in [1.165, 1.54) is 5.56 Å². The number of carboxylic acid groups (broad SMARTS) is 1. The third-order valence-electron chi connectivity index (χ3n) is 4.16. The second-order valence-electron chi connectivity index (χ2n) is 7.01. The standard InChI is InChI=1S/C18H28O3/c1-6-7-8-15(16(19)20)18(5,21)14-11-9-13(10-12-14)17(2,3)4/h9-12,15,21H,6-8H2,1-5H3,(H,19,20). The lowest BCUT2D eigenvalue weighted by Gasteiger charge is -2.31. The van der Waals surface area contributed by atoms with Crippen molar-refractivity contribution in [2.45, 2.75) is 64.9 Å². The number of rotatable bonds is 6. The average molecular weight is 292 g/mol. The zero-order valence-corrected chi connectivity index (χ0v) is 13.8. The molecule has 0 spiro atoms. The monoisotopic (exact) mass is 292 g/mol. The molecule has 1 rings (SSSR count). The predicted octanol–water partition coefficient (Wildman–Crippen LogP) is 4.08. The van der Waals surface area contributed by atoms with Crippen molar-refractivity contribution in [1.29, 1.82) is 0 Å². The van der Waals surface area contributed by atoms with Crippen LogP contribution in [0.1, 0.15) is 65.0 Å². The maximum absolute atomic E-state index is 11.5. The molecule has 0 amide bonds. The highest BCUT2D eigenvalue weighted by molar-refractivity contribution is 5.72. The molecule has 118 valence electrons. The first-order valence-electron chi connectivity index (χ1n) is 7.67. The molecule has 0 saturated heterocycles. The summed E-state index contributed by atoms with van der Waals surface area (Å²) in [6.07, 6.45) is 2.20. The van der Waals surface area contributed by atoms with E-state index in [1.54, 1.807) is 6.92 Å². The molecule has 0 aromatic heterocycles. The van der Waals surface area contributed by atoms with Gasteiger partial charge < -0.3 is 10.2 Å². The van der Waals surface area contributed by atoms with Crippen molar-refractivity contribution in [1.82, 2.24) is 0 Å². The molecule has 0 heterocycles. The van der Waals surface area contributed by atoms with E-state index < -0.39 is 17.5 Å². The smallest absolute Gasteiger partial charge is 0.309 e. The zero-order valence-electron chi connectivity index (χ0n) is 13.8. The molecule has 2 atom stereocenters. The van der Waals surface area contributed by atoms with Gasteiger partial charge in [-0.15, -0.1) is 0 Å². The van der Waals surface area contributed by atoms with Crippen molar-refractivity contribution >= 4 is 5.97 Å². The normalized spacial score (nSPS) is 16.3. The average Bonchev–Trinajstić information content (AvgIpc) is 2.37. The lowest BCUT2D eigenvalue weighted by atomic mass is 9.78. The van der Waals surface area contributed by atoms with E-state index in [9.17, 15) is 15.0 Å². The van der Waals surface area contributed by atoms with E-state index in [0.717, 1.165) is 12.8 Å². The number of aliphatic hydroxyl groups is 1. The second-order valence-corrected chi connectivity index (χ2v) is 7.01. The van der Waals surface area contributed by atoms with E-state index >= 15 is 0 Å². The summed E-state index contributed by atoms with van der Waals surface area (Å²) in [4.78, 5) is 11.5. The third kappa shape index (κ3) is 4.31. The van der Waals surface area contributed by atoms with E-state index in [-0.39, 0.29) is 5.41 Å². The Morgan fingerprint density at radius 2 is 1.57 bits per heavy atom. The summed E-state index contributed by atoms with van der Waals surface area (Å²) in [5.74, 6) is -1.72. The van der Waals surface area contributed by atoms with Gasteiger partial charge in [-0.3, -0.25) is 4.79 Å². The molecule has 0 aliphatic rings. The SMILES string of the molecule is CCCCC(C(=O)O)C(C)(O)c1ccc(C(C)(C)C)cc1. The first-order valence-corrected chi connectivity index (χ1v) is 7.67. The van der Waals surface area contributed by atoms with Crippen LogP contribution >= 0.6 is 0 Å². The highest BCUT2D eigenvalue weighted by Gasteiger charge is 2.38. The Kier molecular flexibility index (Phi) is 5.57. The van der Waals surface area contributed by atoms with Crippen LogP contribution in [0, 0.1) is 5.92 Å². The van der Waals surface area contributed by atoms with E-state index in [1.807, 2.05) is 31.2 Å². The van der Waals surface area contributed by atoms with Crippen LogP contribution in [0.15, 0.2) is 24.3 Å². The molecule has 2 unspecified atom stereocenters. The Morgan fingerprint density at radius 1 is 1.10 bits per heavy atom. The van der Waals surface area contributed by atoms with Gasteiger partial charge in [-0.05, 0) is 29.9 Å². The maximum Gasteiger partial charge on any atom is 0.309 e. The summed E-state index contributed by atoms with van der Waals surface area (Å²) >= 11 is 0. The van der Waals surface area contributed by atoms with Crippen molar-refractivity contribution < 1.29 is 15.0 Å². The quantitative estimate of drug-likeness (QED) is 0.830. The number of unbranched alkanes of at least 4 members (excludes halogenated alkanes) is 1. The Labute approximate surface area is 128 Å². The van der Waals surface area contributed by atoms with Crippen LogP contribution in [0.2, 0.25) is 0 Å². The van der Waals surface area contributed by atoms with Gasteiger partial charge in [0.2, 0.25) is 0 Å². The lowest BCUT2D eigenvalue weighted by Crippen LogP contribution is -2.37. The van der Waals surface area contributed by atoms with Gasteiger partial charge in [-0.1, -0.05) is 64.8 Å². The Balaban J connectivity index is 3.07. The van der Waals surface area contributed by atoms with Gasteiger partial charge in [-0.25, -0.2) is 0 Å². The van der Waals surface area contributed by atoms with Crippen molar-refractivity contribution in [3.63, 3.8) is 0 Å². The highest BCUT2D eigenvalue weighted by Crippen LogP contribution is 2.34. The van der Waals surface area contributed by atoms with Crippen molar-refractivity contribution in [2.75, 3.05) is 0 Å². The minimum Gasteiger partial charge on any atom is -0.481 e. The van der Waals surface area contributed by atoms with Gasteiger partial charge in [-0.2, -0.15) is 0 Å². The number of hydrogen-bond donors (Lipinski definition) is 2. The zero-order chi connectivity index (χ0) is 16.3. The van der Waals surface area contributed by atoms with Gasteiger partial charge in [0.05, 0.1) is 5.92 Å². The van der Waals surface area contributed by atoms with Crippen LogP contribution in [0.25, 0.3) is 0 Å². The summed E-state index contributed by atoms with van der Waals surface area (Å²) in [5.41, 5.74) is 0.525. The summed E-state index contributed by atoms with van der Waals surface area (Å²) < 4.78 is 0. The predicted molar refractivity (Wildman–Crippen MR) is 85.4 cm³/mol. The topological polar surface area (TPSA) is 57.5 Å². The van der Waals surface area contributed by atoms with Gasteiger partial charge >= 0.3 is 5.97 Å². The fourth-order valence-electron chi connectivity index (χ4n) is 2.56. The molecule has 0 aliphatic heterocycles. The number of carbonyl (C=O) groups is 1. The fourth-order valence-corrected chi connectivity index (χ4v) is 2.56. The van der Waals surface area contributed by atoms with Crippen molar-refractivity contribution in [2.24, 2.45) is 5.92 Å². The maximum atomic E-state index is 11.5. The molecule has 0 aliphatic carbocycles. The number of hydrogen-bond acceptors (Lipinski definition) is 2. The highest BCUT2D eigenvalue weighted by atomic mass is 16.4. The molecule has 1 aromatic rings. The molecule has 3 nitrogen and oxygen atoms in total. The van der Waals surface area contributed by atoms with Crippen LogP contribution in [0.5, 0.6) is 0 Å². The first-order chi connectivity index (χ1) is 9.60. The number of aliphatic carboxylic acids is 1. The van der Waals surface area contributed by atoms with E-state index in [0.29, 0.717) is 12.0 Å². The minimum atomic E-state index is -1.35. The first kappa shape index (κ1) is 17.7. The van der Waals surface area contributed by atoms with Gasteiger partial charge in [0.1, 0.15) is 5.60 Å². The Morgan fingerprint density at radius 3 is 1.95 bits per heavy atom. The molecule has 3 heteroatoms. The lowest BCUT2D eigenvalue weighted by molar-refractivity contribution is -0.152. The number of benzene rings is 1. The molecule has 0 fully saturated rings. The molecule has 1 aromatic carbocycles. The third-order valence-corrected chi connectivity index (χ3v) is 4.16. The van der Waals surface area contributed by atoms with Crippen molar-refractivity contribution in [3.8, 4) is 0 Å². The molecule has 0 bridgehead atoms. The molecule has 21 heavy (non-hydrogen) atoms. The molecule has 2 N–H and O–H groups in total. The summed E-state index contributed by atoms with van der Waals surface area (Å²) in [7, 11) is 0. The van der Waals surface area contributed by atoms with Gasteiger partial charge in [0, 0.05) is 0 Å². The minimum absolute atomic E-state index is 0.0405. The molecular formula is C18H28O3. The fraction of sp³-hybridized carbons (Fsp3) is 0.611. The summed E-state index contributed by atoms with van der Waals surface area (Å²) in [6, 6.07) is 7.65. The van der Waals surface area contributed by atoms with Crippen LogP contribution in [-0.2, 0) is 15.8 Å². The molecule has 0 radical (unpaired) electrons. The largest absolute Gasteiger partial charge is 0.481 e. The number of carboxylic acids is 1. The van der Waals surface area contributed by atoms with Crippen LogP contribution < -0.4 is 0 Å². The summed E-state index contributed by atoms with van der Waals surface area (Å²) in [5, 5.41) is 20.2.